The first-order valence-electron chi connectivity index (χ1n) is 5.05. The Hall–Kier alpha value is -2.19. The monoisotopic (exact) mass is 230 g/mol. The molecule has 1 aromatic heterocycles. The Bertz CT molecular complexity index is 491. The van der Waals surface area contributed by atoms with Gasteiger partial charge in [0.15, 0.2) is 0 Å². The van der Waals surface area contributed by atoms with Gasteiger partial charge in [0.1, 0.15) is 11.8 Å². The molecule has 1 aromatic rings. The molecule has 0 amide bonds. The zero-order valence-electron chi connectivity index (χ0n) is 9.67. The summed E-state index contributed by atoms with van der Waals surface area (Å²) in [6.45, 7) is 9.35. The molecule has 1 N–H and O–H groups in total. The zero-order valence-corrected chi connectivity index (χ0v) is 9.67. The number of hydrogen-bond donors (Lipinski definition) is 1. The van der Waals surface area contributed by atoms with Crippen LogP contribution < -0.4 is 0 Å². The maximum absolute atomic E-state index is 9.20. The molecule has 0 bridgehead atoms. The van der Waals surface area contributed by atoms with Gasteiger partial charge >= 0.3 is 0 Å². The molecule has 0 aliphatic rings. The van der Waals surface area contributed by atoms with Gasteiger partial charge in [-0.1, -0.05) is 13.2 Å². The lowest BCUT2D eigenvalue weighted by atomic mass is 10.2. The summed E-state index contributed by atoms with van der Waals surface area (Å²) in [5.74, 6) is 0. The molecule has 5 heteroatoms. The van der Waals surface area contributed by atoms with Crippen LogP contribution in [-0.2, 0) is 6.54 Å². The van der Waals surface area contributed by atoms with E-state index >= 15 is 0 Å². The molecule has 0 saturated carbocycles. The summed E-state index contributed by atoms with van der Waals surface area (Å²) in [5.41, 5.74) is 1.56. The van der Waals surface area contributed by atoms with Crippen LogP contribution in [0.5, 0.6) is 0 Å². The number of aliphatic hydroxyl groups excluding tert-OH is 1. The highest BCUT2D eigenvalue weighted by Crippen LogP contribution is 2.09. The topological polar surface area (TPSA) is 74.2 Å². The van der Waals surface area contributed by atoms with E-state index in [0.717, 1.165) is 5.56 Å². The molecule has 0 aliphatic carbocycles. The van der Waals surface area contributed by atoms with Gasteiger partial charge in [0, 0.05) is 18.0 Å². The van der Waals surface area contributed by atoms with Crippen LogP contribution in [0.25, 0.3) is 5.57 Å². The molecule has 17 heavy (non-hydrogen) atoms. The van der Waals surface area contributed by atoms with E-state index in [1.807, 2.05) is 6.07 Å². The Morgan fingerprint density at radius 2 is 2.47 bits per heavy atom. The van der Waals surface area contributed by atoms with E-state index in [-0.39, 0.29) is 5.70 Å². The summed E-state index contributed by atoms with van der Waals surface area (Å²) < 4.78 is 1.62. The third-order valence-corrected chi connectivity index (χ3v) is 1.96. The minimum absolute atomic E-state index is 0.127. The van der Waals surface area contributed by atoms with Crippen LogP contribution in [0.4, 0.5) is 0 Å². The number of nitrogens with zero attached hydrogens (tertiary/aromatic N) is 4. The van der Waals surface area contributed by atoms with E-state index < -0.39 is 6.10 Å². The lowest BCUT2D eigenvalue weighted by molar-refractivity contribution is 0.168. The SMILES string of the molecule is C=C(C#N)N=CC(=C)c1cnn(CC(C)O)c1. The van der Waals surface area contributed by atoms with E-state index in [1.165, 1.54) is 6.21 Å². The van der Waals surface area contributed by atoms with Crippen LogP contribution in [0.2, 0.25) is 0 Å². The predicted octanol–water partition coefficient (Wildman–Crippen LogP) is 1.39. The van der Waals surface area contributed by atoms with Crippen LogP contribution >= 0.6 is 0 Å². The van der Waals surface area contributed by atoms with Crippen molar-refractivity contribution in [1.82, 2.24) is 9.78 Å². The summed E-state index contributed by atoms with van der Waals surface area (Å²) in [6.07, 6.45) is 4.40. The van der Waals surface area contributed by atoms with Crippen LogP contribution in [-0.4, -0.2) is 27.2 Å². The smallest absolute Gasteiger partial charge is 0.133 e. The number of aliphatic imine (C=N–C) groups is 1. The first-order chi connectivity index (χ1) is 8.02. The zero-order chi connectivity index (χ0) is 12.8. The molecule has 0 radical (unpaired) electrons. The van der Waals surface area contributed by atoms with Crippen LogP contribution in [0.1, 0.15) is 12.5 Å². The Kier molecular flexibility index (Phi) is 4.37. The highest BCUT2D eigenvalue weighted by Gasteiger charge is 2.03. The minimum atomic E-state index is -0.456. The van der Waals surface area contributed by atoms with E-state index in [1.54, 1.807) is 24.0 Å². The molecule has 0 aliphatic heterocycles. The number of aromatic nitrogens is 2. The van der Waals surface area contributed by atoms with Gasteiger partial charge in [-0.05, 0) is 12.5 Å². The fraction of sp³-hybridized carbons (Fsp3) is 0.250. The minimum Gasteiger partial charge on any atom is -0.391 e. The van der Waals surface area contributed by atoms with Crippen LogP contribution in [0.15, 0.2) is 36.2 Å². The molecule has 88 valence electrons. The highest BCUT2D eigenvalue weighted by atomic mass is 16.3. The normalized spacial score (nSPS) is 12.3. The van der Waals surface area contributed by atoms with Gasteiger partial charge in [-0.15, -0.1) is 0 Å². The van der Waals surface area contributed by atoms with Crippen molar-refractivity contribution in [3.05, 3.63) is 36.8 Å². The van der Waals surface area contributed by atoms with E-state index in [0.29, 0.717) is 12.1 Å². The number of aliphatic hydroxyl groups is 1. The van der Waals surface area contributed by atoms with E-state index in [4.69, 9.17) is 5.26 Å². The summed E-state index contributed by atoms with van der Waals surface area (Å²) in [5, 5.41) is 21.8. The number of allylic oxidation sites excluding steroid dienone is 2. The Balaban J connectivity index is 2.71. The van der Waals surface area contributed by atoms with Gasteiger partial charge in [0.25, 0.3) is 0 Å². The molecule has 1 rings (SSSR count). The molecule has 5 nitrogen and oxygen atoms in total. The fourth-order valence-corrected chi connectivity index (χ4v) is 1.16. The van der Waals surface area contributed by atoms with Gasteiger partial charge in [-0.25, -0.2) is 4.99 Å². The van der Waals surface area contributed by atoms with Crippen molar-refractivity contribution >= 4 is 11.8 Å². The fourth-order valence-electron chi connectivity index (χ4n) is 1.16. The van der Waals surface area contributed by atoms with Gasteiger partial charge in [0.05, 0.1) is 18.8 Å². The number of hydrogen-bond acceptors (Lipinski definition) is 4. The first kappa shape index (κ1) is 12.9. The lowest BCUT2D eigenvalue weighted by Crippen LogP contribution is -2.11. The van der Waals surface area contributed by atoms with Crippen LogP contribution in [0, 0.1) is 11.3 Å². The Morgan fingerprint density at radius 3 is 3.06 bits per heavy atom. The predicted molar refractivity (Wildman–Crippen MR) is 66.2 cm³/mol. The third-order valence-electron chi connectivity index (χ3n) is 1.96. The molecule has 0 aromatic carbocycles. The van der Waals surface area contributed by atoms with Gasteiger partial charge < -0.3 is 5.11 Å². The first-order valence-corrected chi connectivity index (χ1v) is 5.05. The van der Waals surface area contributed by atoms with E-state index in [9.17, 15) is 5.11 Å². The second-order valence-corrected chi connectivity index (χ2v) is 3.64. The van der Waals surface area contributed by atoms with Crippen molar-refractivity contribution in [3.63, 3.8) is 0 Å². The Labute approximate surface area is 100 Å². The average Bonchev–Trinajstić information content (AvgIpc) is 2.72. The highest BCUT2D eigenvalue weighted by molar-refractivity contribution is 6.08. The van der Waals surface area contributed by atoms with Crippen molar-refractivity contribution in [2.75, 3.05) is 0 Å². The maximum atomic E-state index is 9.20. The Morgan fingerprint density at radius 1 is 1.76 bits per heavy atom. The molecular weight excluding hydrogens is 216 g/mol. The molecule has 0 spiro atoms. The van der Waals surface area contributed by atoms with Crippen molar-refractivity contribution in [1.29, 1.82) is 5.26 Å². The molecular formula is C12H14N4O. The average molecular weight is 230 g/mol. The molecule has 1 heterocycles. The van der Waals surface area contributed by atoms with Gasteiger partial charge in [0.2, 0.25) is 0 Å². The van der Waals surface area contributed by atoms with Crippen molar-refractivity contribution in [3.8, 4) is 6.07 Å². The number of nitriles is 1. The van der Waals surface area contributed by atoms with Crippen molar-refractivity contribution in [2.24, 2.45) is 4.99 Å². The maximum Gasteiger partial charge on any atom is 0.133 e. The van der Waals surface area contributed by atoms with E-state index in [2.05, 4.69) is 23.2 Å². The second kappa shape index (κ2) is 5.77. The molecule has 1 unspecified atom stereocenters. The molecule has 1 atom stereocenters. The largest absolute Gasteiger partial charge is 0.391 e. The lowest BCUT2D eigenvalue weighted by Gasteiger charge is -2.02. The quantitative estimate of drug-likeness (QED) is 0.613. The van der Waals surface area contributed by atoms with Crippen LogP contribution in [0.3, 0.4) is 0 Å². The molecule has 0 fully saturated rings. The van der Waals surface area contributed by atoms with Gasteiger partial charge in [-0.2, -0.15) is 10.4 Å². The summed E-state index contributed by atoms with van der Waals surface area (Å²) in [7, 11) is 0. The second-order valence-electron chi connectivity index (χ2n) is 3.64. The summed E-state index contributed by atoms with van der Waals surface area (Å²) in [6, 6.07) is 1.82. The number of rotatable bonds is 5. The molecule has 0 saturated heterocycles. The summed E-state index contributed by atoms with van der Waals surface area (Å²) >= 11 is 0. The van der Waals surface area contributed by atoms with Crippen molar-refractivity contribution < 1.29 is 5.11 Å². The summed E-state index contributed by atoms with van der Waals surface area (Å²) in [4.78, 5) is 3.82. The standard InChI is InChI=1S/C12H14N4O/c1-9(5-14-10(2)4-13)12-6-15-16(8-12)7-11(3)17/h5-6,8,11,17H,1-2,7H2,3H3. The van der Waals surface area contributed by atoms with Crippen molar-refractivity contribution in [2.45, 2.75) is 19.6 Å². The third kappa shape index (κ3) is 4.05. The van der Waals surface area contributed by atoms with Gasteiger partial charge in [-0.3, -0.25) is 4.68 Å².